The average molecular weight is 397 g/mol. The van der Waals surface area contributed by atoms with Crippen molar-refractivity contribution in [2.45, 2.75) is 12.1 Å². The van der Waals surface area contributed by atoms with Crippen molar-refractivity contribution >= 4 is 27.6 Å². The van der Waals surface area contributed by atoms with Gasteiger partial charge in [-0.2, -0.15) is 22.0 Å². The van der Waals surface area contributed by atoms with Crippen LogP contribution in [0.1, 0.15) is 5.56 Å². The van der Waals surface area contributed by atoms with Crippen LogP contribution >= 0.6 is 0 Å². The van der Waals surface area contributed by atoms with Gasteiger partial charge in [0.15, 0.2) is 5.82 Å². The number of pyridine rings is 1. The number of halogens is 5. The molecule has 1 aliphatic rings. The molecule has 5 nitrogen and oxygen atoms in total. The predicted octanol–water partition coefficient (Wildman–Crippen LogP) is 3.58. The lowest BCUT2D eigenvalue weighted by Crippen LogP contribution is -2.45. The largest absolute Gasteiger partial charge is 0.458 e. The van der Waals surface area contributed by atoms with E-state index in [1.807, 2.05) is 11.9 Å². The number of alkyl halides is 5. The minimum Gasteiger partial charge on any atom is -0.352 e. The molecule has 0 bridgehead atoms. The van der Waals surface area contributed by atoms with Crippen LogP contribution < -0.4 is 4.90 Å². The highest BCUT2D eigenvalue weighted by molar-refractivity contribution is 6.08. The van der Waals surface area contributed by atoms with Gasteiger partial charge < -0.3 is 9.80 Å². The Morgan fingerprint density at radius 1 is 0.964 bits per heavy atom. The average Bonchev–Trinajstić information content (AvgIpc) is 2.67. The zero-order valence-electron chi connectivity index (χ0n) is 14.8. The van der Waals surface area contributed by atoms with Crippen LogP contribution in [0.4, 0.5) is 27.8 Å². The smallest absolute Gasteiger partial charge is 0.352 e. The summed E-state index contributed by atoms with van der Waals surface area (Å²) >= 11 is 0. The molecule has 1 aromatic carbocycles. The Kier molecular flexibility index (Phi) is 4.33. The Morgan fingerprint density at radius 3 is 2.36 bits per heavy atom. The monoisotopic (exact) mass is 397 g/mol. The van der Waals surface area contributed by atoms with Crippen molar-refractivity contribution in [2.24, 2.45) is 0 Å². The van der Waals surface area contributed by atoms with Gasteiger partial charge in [-0.1, -0.05) is 6.07 Å². The third-order valence-corrected chi connectivity index (χ3v) is 4.96. The van der Waals surface area contributed by atoms with Gasteiger partial charge in [0.25, 0.3) is 0 Å². The van der Waals surface area contributed by atoms with E-state index in [2.05, 4.69) is 19.9 Å². The maximum Gasteiger partial charge on any atom is 0.458 e. The Labute approximate surface area is 156 Å². The normalized spacial score (nSPS) is 16.9. The van der Waals surface area contributed by atoms with Crippen molar-refractivity contribution in [3.63, 3.8) is 0 Å². The summed E-state index contributed by atoms with van der Waals surface area (Å²) in [7, 11) is 2.01. The van der Waals surface area contributed by atoms with Gasteiger partial charge >= 0.3 is 12.1 Å². The molecule has 4 rings (SSSR count). The van der Waals surface area contributed by atoms with Crippen LogP contribution in [0.2, 0.25) is 0 Å². The highest BCUT2D eigenvalue weighted by Gasteiger charge is 2.58. The molecule has 3 aromatic rings. The molecule has 1 saturated heterocycles. The van der Waals surface area contributed by atoms with Crippen LogP contribution in [0.3, 0.4) is 0 Å². The molecule has 2 aromatic heterocycles. The second kappa shape index (κ2) is 6.47. The lowest BCUT2D eigenvalue weighted by molar-refractivity contribution is -0.289. The molecule has 0 amide bonds. The van der Waals surface area contributed by atoms with Crippen molar-refractivity contribution in [3.05, 3.63) is 36.3 Å². The molecule has 28 heavy (non-hydrogen) atoms. The lowest BCUT2D eigenvalue weighted by atomic mass is 10.0. The number of nitrogens with zero attached hydrogens (tertiary/aromatic N) is 5. The number of piperazine rings is 1. The fraction of sp³-hybridized carbons (Fsp3) is 0.389. The van der Waals surface area contributed by atoms with Crippen molar-refractivity contribution in [3.8, 4) is 0 Å². The van der Waals surface area contributed by atoms with Gasteiger partial charge in [-0.3, -0.25) is 0 Å². The summed E-state index contributed by atoms with van der Waals surface area (Å²) in [4.78, 5) is 16.9. The molecule has 0 aliphatic carbocycles. The van der Waals surface area contributed by atoms with Gasteiger partial charge in [-0.15, -0.1) is 0 Å². The molecule has 0 saturated carbocycles. The molecule has 0 atom stereocenters. The number of rotatable bonds is 2. The molecule has 3 heterocycles. The van der Waals surface area contributed by atoms with Crippen molar-refractivity contribution in [1.29, 1.82) is 0 Å². The van der Waals surface area contributed by atoms with E-state index in [0.29, 0.717) is 35.3 Å². The van der Waals surface area contributed by atoms with Gasteiger partial charge in [-0.25, -0.2) is 15.0 Å². The molecule has 1 aliphatic heterocycles. The predicted molar refractivity (Wildman–Crippen MR) is 94.5 cm³/mol. The molecule has 10 heteroatoms. The topological polar surface area (TPSA) is 45.2 Å². The molecular weight excluding hydrogens is 381 g/mol. The summed E-state index contributed by atoms with van der Waals surface area (Å²) < 4.78 is 65.9. The van der Waals surface area contributed by atoms with Gasteiger partial charge in [-0.05, 0) is 19.2 Å². The zero-order chi connectivity index (χ0) is 20.1. The SMILES string of the molecule is CN1CCN(c2nc3ccc(C(F)(F)C(F)(F)F)cc3c3cncnc23)CC1. The molecule has 0 spiro atoms. The second-order valence-corrected chi connectivity index (χ2v) is 6.81. The third kappa shape index (κ3) is 3.01. The highest BCUT2D eigenvalue weighted by Crippen LogP contribution is 2.45. The zero-order valence-corrected chi connectivity index (χ0v) is 14.8. The van der Waals surface area contributed by atoms with Gasteiger partial charge in [0.05, 0.1) is 5.52 Å². The summed E-state index contributed by atoms with van der Waals surface area (Å²) in [5.74, 6) is -4.38. The fourth-order valence-electron chi connectivity index (χ4n) is 3.32. The third-order valence-electron chi connectivity index (χ3n) is 4.96. The Hall–Kier alpha value is -2.62. The summed E-state index contributed by atoms with van der Waals surface area (Å²) in [6, 6.07) is 2.79. The van der Waals surface area contributed by atoms with Crippen molar-refractivity contribution < 1.29 is 22.0 Å². The molecule has 0 radical (unpaired) electrons. The number of hydrogen-bond acceptors (Lipinski definition) is 5. The van der Waals surface area contributed by atoms with Gasteiger partial charge in [0.2, 0.25) is 0 Å². The molecule has 148 valence electrons. The van der Waals surface area contributed by atoms with E-state index < -0.39 is 17.7 Å². The minimum atomic E-state index is -5.68. The van der Waals surface area contributed by atoms with Crippen molar-refractivity contribution in [1.82, 2.24) is 19.9 Å². The van der Waals surface area contributed by atoms with E-state index >= 15 is 0 Å². The summed E-state index contributed by atoms with van der Waals surface area (Å²) in [5.41, 5.74) is -0.385. The van der Waals surface area contributed by atoms with Crippen LogP contribution in [0, 0.1) is 0 Å². The maximum absolute atomic E-state index is 13.8. The minimum absolute atomic E-state index is 0.162. The first kappa shape index (κ1) is 18.7. The number of hydrogen-bond donors (Lipinski definition) is 0. The second-order valence-electron chi connectivity index (χ2n) is 6.81. The number of anilines is 1. The van der Waals surface area contributed by atoms with Crippen LogP contribution in [0.25, 0.3) is 21.8 Å². The number of fused-ring (bicyclic) bond motifs is 3. The van der Waals surface area contributed by atoms with Crippen molar-refractivity contribution in [2.75, 3.05) is 38.1 Å². The van der Waals surface area contributed by atoms with E-state index in [9.17, 15) is 22.0 Å². The van der Waals surface area contributed by atoms with E-state index in [4.69, 9.17) is 0 Å². The maximum atomic E-state index is 13.8. The van der Waals surface area contributed by atoms with Gasteiger partial charge in [0, 0.05) is 48.7 Å². The Bertz CT molecular complexity index is 1030. The number of benzene rings is 1. The number of likely N-dealkylation sites (N-methyl/N-ethyl adjacent to an activating group) is 1. The highest BCUT2D eigenvalue weighted by atomic mass is 19.4. The van der Waals surface area contributed by atoms with E-state index in [0.717, 1.165) is 25.2 Å². The first-order chi connectivity index (χ1) is 13.2. The standard InChI is InChI=1S/C18H16F5N5/c1-27-4-6-28(7-5-27)16-15-13(9-24-10-25-15)12-8-11(2-3-14(12)26-16)17(19,20)18(21,22)23/h2-3,8-10H,4-7H2,1H3. The first-order valence-corrected chi connectivity index (χ1v) is 8.60. The quantitative estimate of drug-likeness (QED) is 0.489. The van der Waals surface area contributed by atoms with Crippen LogP contribution in [0.5, 0.6) is 0 Å². The molecule has 0 N–H and O–H groups in total. The van der Waals surface area contributed by atoms with Crippen LogP contribution in [-0.4, -0.2) is 59.3 Å². The summed E-state index contributed by atoms with van der Waals surface area (Å²) in [6.07, 6.45) is -2.95. The molecular formula is C18H16F5N5. The molecule has 0 unspecified atom stereocenters. The lowest BCUT2D eigenvalue weighted by Gasteiger charge is -2.33. The fourth-order valence-corrected chi connectivity index (χ4v) is 3.32. The van der Waals surface area contributed by atoms with E-state index in [-0.39, 0.29) is 5.39 Å². The van der Waals surface area contributed by atoms with E-state index in [1.54, 1.807) is 0 Å². The van der Waals surface area contributed by atoms with Gasteiger partial charge in [0.1, 0.15) is 11.8 Å². The summed E-state index contributed by atoms with van der Waals surface area (Å²) in [6.45, 7) is 3.06. The molecule has 1 fully saturated rings. The summed E-state index contributed by atoms with van der Waals surface area (Å²) in [5, 5.41) is 0.552. The first-order valence-electron chi connectivity index (χ1n) is 8.60. The number of aromatic nitrogens is 3. The van der Waals surface area contributed by atoms with Crippen LogP contribution in [0.15, 0.2) is 30.7 Å². The van der Waals surface area contributed by atoms with E-state index in [1.165, 1.54) is 18.6 Å². The Balaban J connectivity index is 1.90. The van der Waals surface area contributed by atoms with Crippen LogP contribution in [-0.2, 0) is 5.92 Å². The Morgan fingerprint density at radius 2 is 1.68 bits per heavy atom.